The van der Waals surface area contributed by atoms with E-state index in [9.17, 15) is 4.79 Å². The van der Waals surface area contributed by atoms with Crippen LogP contribution in [0.4, 0.5) is 6.01 Å². The van der Waals surface area contributed by atoms with E-state index in [-0.39, 0.29) is 5.91 Å². The van der Waals surface area contributed by atoms with Crippen LogP contribution in [0.25, 0.3) is 11.4 Å². The number of nitrogens with zero attached hydrogens (tertiary/aromatic N) is 4. The van der Waals surface area contributed by atoms with Crippen molar-refractivity contribution < 1.29 is 23.2 Å². The van der Waals surface area contributed by atoms with Crippen LogP contribution in [0.2, 0.25) is 0 Å². The van der Waals surface area contributed by atoms with Gasteiger partial charge < -0.3 is 28.2 Å². The lowest BCUT2D eigenvalue weighted by molar-refractivity contribution is 0.0712. The van der Waals surface area contributed by atoms with Crippen LogP contribution in [0.5, 0.6) is 11.5 Å². The zero-order chi connectivity index (χ0) is 19.5. The van der Waals surface area contributed by atoms with Gasteiger partial charge in [0.25, 0.3) is 5.91 Å². The molecule has 9 nitrogen and oxygen atoms in total. The molecule has 1 saturated heterocycles. The van der Waals surface area contributed by atoms with Crippen molar-refractivity contribution in [3.8, 4) is 22.9 Å². The molecule has 9 heteroatoms. The van der Waals surface area contributed by atoms with Crippen LogP contribution in [0.15, 0.2) is 45.5 Å². The van der Waals surface area contributed by atoms with E-state index in [2.05, 4.69) is 10.1 Å². The predicted octanol–water partition coefficient (Wildman–Crippen LogP) is 2.31. The summed E-state index contributed by atoms with van der Waals surface area (Å²) < 4.78 is 21.3. The molecule has 1 aromatic carbocycles. The van der Waals surface area contributed by atoms with Crippen LogP contribution in [0, 0.1) is 0 Å². The molecule has 2 aromatic heterocycles. The normalized spacial score (nSPS) is 14.2. The molecule has 0 atom stereocenters. The molecule has 1 aliphatic heterocycles. The first kappa shape index (κ1) is 17.9. The van der Waals surface area contributed by atoms with E-state index in [1.165, 1.54) is 6.26 Å². The molecular weight excluding hydrogens is 364 g/mol. The minimum Gasteiger partial charge on any atom is -0.497 e. The lowest BCUT2D eigenvalue weighted by Gasteiger charge is -2.32. The summed E-state index contributed by atoms with van der Waals surface area (Å²) in [6.07, 6.45) is 1.50. The molecule has 0 aliphatic carbocycles. The highest BCUT2D eigenvalue weighted by Gasteiger charge is 2.26. The van der Waals surface area contributed by atoms with E-state index in [0.717, 1.165) is 0 Å². The number of carbonyl (C=O) groups excluding carboxylic acids is 1. The first-order valence-corrected chi connectivity index (χ1v) is 8.83. The molecule has 0 bridgehead atoms. The number of furan rings is 1. The zero-order valence-electron chi connectivity index (χ0n) is 15.6. The first-order chi connectivity index (χ1) is 13.7. The summed E-state index contributed by atoms with van der Waals surface area (Å²) >= 11 is 0. The fraction of sp³-hybridized carbons (Fsp3) is 0.316. The lowest BCUT2D eigenvalue weighted by Crippen LogP contribution is -2.48. The van der Waals surface area contributed by atoms with Crippen LogP contribution < -0.4 is 14.4 Å². The Morgan fingerprint density at radius 3 is 2.61 bits per heavy atom. The molecule has 0 N–H and O–H groups in total. The minimum absolute atomic E-state index is 0.114. The first-order valence-electron chi connectivity index (χ1n) is 8.83. The fourth-order valence-electron chi connectivity index (χ4n) is 3.10. The predicted molar refractivity (Wildman–Crippen MR) is 99.7 cm³/mol. The number of benzene rings is 1. The number of hydrogen-bond donors (Lipinski definition) is 0. The smallest absolute Gasteiger partial charge is 0.324 e. The zero-order valence-corrected chi connectivity index (χ0v) is 15.6. The number of rotatable bonds is 5. The fourth-order valence-corrected chi connectivity index (χ4v) is 3.10. The third kappa shape index (κ3) is 3.38. The van der Waals surface area contributed by atoms with Gasteiger partial charge in [0.05, 0.1) is 26.0 Å². The Labute approximate surface area is 161 Å². The van der Waals surface area contributed by atoms with E-state index in [4.69, 9.17) is 18.4 Å². The number of aromatic nitrogens is 2. The van der Waals surface area contributed by atoms with Crippen molar-refractivity contribution in [2.24, 2.45) is 0 Å². The summed E-state index contributed by atoms with van der Waals surface area (Å²) in [5.74, 6) is 1.95. The van der Waals surface area contributed by atoms with Gasteiger partial charge in [-0.25, -0.2) is 0 Å². The van der Waals surface area contributed by atoms with Gasteiger partial charge in [0.1, 0.15) is 11.5 Å². The maximum absolute atomic E-state index is 12.4. The summed E-state index contributed by atoms with van der Waals surface area (Å²) in [4.78, 5) is 20.6. The van der Waals surface area contributed by atoms with Gasteiger partial charge in [-0.05, 0) is 30.3 Å². The Kier molecular flexibility index (Phi) is 4.88. The molecule has 0 spiro atoms. The Morgan fingerprint density at radius 1 is 1.11 bits per heavy atom. The van der Waals surface area contributed by atoms with Crippen molar-refractivity contribution in [1.82, 2.24) is 15.0 Å². The van der Waals surface area contributed by atoms with Crippen LogP contribution in [-0.2, 0) is 0 Å². The molecule has 28 heavy (non-hydrogen) atoms. The number of carbonyl (C=O) groups is 1. The summed E-state index contributed by atoms with van der Waals surface area (Å²) in [6.45, 7) is 2.26. The van der Waals surface area contributed by atoms with E-state index in [1.54, 1.807) is 49.5 Å². The van der Waals surface area contributed by atoms with Gasteiger partial charge in [-0.2, -0.15) is 4.98 Å². The monoisotopic (exact) mass is 384 g/mol. The topological polar surface area (TPSA) is 94.1 Å². The molecule has 0 radical (unpaired) electrons. The molecule has 4 rings (SSSR count). The maximum Gasteiger partial charge on any atom is 0.324 e. The Morgan fingerprint density at radius 2 is 1.93 bits per heavy atom. The Balaban J connectivity index is 1.47. The minimum atomic E-state index is -0.114. The lowest BCUT2D eigenvalue weighted by atomic mass is 10.2. The molecule has 1 amide bonds. The quantitative estimate of drug-likeness (QED) is 0.661. The number of hydrogen-bond acceptors (Lipinski definition) is 8. The van der Waals surface area contributed by atoms with E-state index < -0.39 is 0 Å². The highest BCUT2D eigenvalue weighted by molar-refractivity contribution is 5.91. The molecule has 0 unspecified atom stereocenters. The number of piperazine rings is 1. The van der Waals surface area contributed by atoms with Crippen LogP contribution in [0.3, 0.4) is 0 Å². The van der Waals surface area contributed by atoms with E-state index in [1.807, 2.05) is 4.90 Å². The molecule has 3 heterocycles. The standard InChI is InChI=1S/C19H20N4O5/c1-25-13-5-6-15(26-2)14(12-13)17-20-19(28-21-17)23-9-7-22(8-10-23)18(24)16-4-3-11-27-16/h3-6,11-12H,7-10H2,1-2H3. The second kappa shape index (κ2) is 7.63. The van der Waals surface area contributed by atoms with Gasteiger partial charge >= 0.3 is 6.01 Å². The van der Waals surface area contributed by atoms with Crippen molar-refractivity contribution in [1.29, 1.82) is 0 Å². The molecular formula is C19H20N4O5. The SMILES string of the molecule is COc1ccc(OC)c(-c2noc(N3CCN(C(=O)c4ccco4)CC3)n2)c1. The summed E-state index contributed by atoms with van der Waals surface area (Å²) in [5.41, 5.74) is 0.684. The molecule has 0 saturated carbocycles. The van der Waals surface area contributed by atoms with Crippen LogP contribution in [-0.4, -0.2) is 61.3 Å². The van der Waals surface area contributed by atoms with Gasteiger partial charge in [-0.1, -0.05) is 5.16 Å². The Hall–Kier alpha value is -3.49. The van der Waals surface area contributed by atoms with E-state index in [0.29, 0.717) is 60.8 Å². The number of ether oxygens (including phenoxy) is 2. The number of anilines is 1. The summed E-state index contributed by atoms with van der Waals surface area (Å²) in [7, 11) is 3.18. The third-order valence-electron chi connectivity index (χ3n) is 4.63. The third-order valence-corrected chi connectivity index (χ3v) is 4.63. The van der Waals surface area contributed by atoms with Crippen molar-refractivity contribution in [2.45, 2.75) is 0 Å². The largest absolute Gasteiger partial charge is 0.497 e. The highest BCUT2D eigenvalue weighted by atomic mass is 16.5. The average Bonchev–Trinajstić information content (AvgIpc) is 3.45. The average molecular weight is 384 g/mol. The van der Waals surface area contributed by atoms with Gasteiger partial charge in [0.15, 0.2) is 5.76 Å². The summed E-state index contributed by atoms with van der Waals surface area (Å²) in [6, 6.07) is 9.18. The molecule has 146 valence electrons. The number of amides is 1. The van der Waals surface area contributed by atoms with Gasteiger partial charge in [-0.15, -0.1) is 0 Å². The second-order valence-corrected chi connectivity index (χ2v) is 6.22. The van der Waals surface area contributed by atoms with E-state index >= 15 is 0 Å². The van der Waals surface area contributed by atoms with Crippen molar-refractivity contribution in [3.05, 3.63) is 42.4 Å². The highest BCUT2D eigenvalue weighted by Crippen LogP contribution is 2.32. The summed E-state index contributed by atoms with van der Waals surface area (Å²) in [5, 5.41) is 4.08. The molecule has 3 aromatic rings. The van der Waals surface area contributed by atoms with Gasteiger partial charge in [-0.3, -0.25) is 4.79 Å². The van der Waals surface area contributed by atoms with Crippen molar-refractivity contribution in [3.63, 3.8) is 0 Å². The second-order valence-electron chi connectivity index (χ2n) is 6.22. The molecule has 1 aliphatic rings. The van der Waals surface area contributed by atoms with Crippen LogP contribution >= 0.6 is 0 Å². The van der Waals surface area contributed by atoms with Crippen molar-refractivity contribution >= 4 is 11.9 Å². The maximum atomic E-state index is 12.4. The van der Waals surface area contributed by atoms with Gasteiger partial charge in [0.2, 0.25) is 5.82 Å². The Bertz CT molecular complexity index is 945. The van der Waals surface area contributed by atoms with Crippen molar-refractivity contribution in [2.75, 3.05) is 45.3 Å². The molecule has 1 fully saturated rings. The van der Waals surface area contributed by atoms with Gasteiger partial charge in [0, 0.05) is 26.2 Å². The number of methoxy groups -OCH3 is 2. The van der Waals surface area contributed by atoms with Crippen LogP contribution in [0.1, 0.15) is 10.6 Å².